The molecule has 4 aromatic rings. The number of amides is 2. The van der Waals surface area contributed by atoms with Crippen molar-refractivity contribution in [1.29, 1.82) is 0 Å². The van der Waals surface area contributed by atoms with Crippen molar-refractivity contribution < 1.29 is 9.59 Å². The Bertz CT molecular complexity index is 1100. The van der Waals surface area contributed by atoms with Gasteiger partial charge in [0, 0.05) is 29.1 Å². The van der Waals surface area contributed by atoms with Crippen LogP contribution in [0.1, 0.15) is 22.3 Å². The summed E-state index contributed by atoms with van der Waals surface area (Å²) in [7, 11) is 0. The van der Waals surface area contributed by atoms with Crippen molar-refractivity contribution in [1.82, 2.24) is 36.0 Å². The van der Waals surface area contributed by atoms with Crippen molar-refractivity contribution >= 4 is 22.7 Å². The van der Waals surface area contributed by atoms with Crippen LogP contribution in [-0.2, 0) is 11.2 Å². The van der Waals surface area contributed by atoms with Crippen LogP contribution in [0.4, 0.5) is 0 Å². The summed E-state index contributed by atoms with van der Waals surface area (Å²) in [5, 5.41) is 12.0. The molecule has 9 heteroatoms. The number of carbonyl (C=O) groups excluding carboxylic acids is 2. The summed E-state index contributed by atoms with van der Waals surface area (Å²) in [6.07, 6.45) is 4.21. The second-order valence-corrected chi connectivity index (χ2v) is 6.16. The maximum Gasteiger partial charge on any atom is 0.269 e. The summed E-state index contributed by atoms with van der Waals surface area (Å²) in [5.41, 5.74) is 8.11. The van der Waals surface area contributed by atoms with E-state index >= 15 is 0 Å². The zero-order valence-corrected chi connectivity index (χ0v) is 14.8. The predicted octanol–water partition coefficient (Wildman–Crippen LogP) is 1.54. The Kier molecular flexibility index (Phi) is 4.79. The van der Waals surface area contributed by atoms with Crippen LogP contribution in [0, 0.1) is 0 Å². The Morgan fingerprint density at radius 2 is 1.86 bits per heavy atom. The number of H-pyrrole nitrogens is 1. The molecule has 28 heavy (non-hydrogen) atoms. The number of tetrazole rings is 1. The Balaban J connectivity index is 1.29. The van der Waals surface area contributed by atoms with Gasteiger partial charge in [-0.2, -0.15) is 0 Å². The van der Waals surface area contributed by atoms with Crippen LogP contribution in [0.15, 0.2) is 61.1 Å². The smallest absolute Gasteiger partial charge is 0.269 e. The fourth-order valence-corrected chi connectivity index (χ4v) is 2.89. The van der Waals surface area contributed by atoms with E-state index in [1.807, 2.05) is 30.5 Å². The largest absolute Gasteiger partial charge is 0.361 e. The van der Waals surface area contributed by atoms with E-state index in [1.165, 1.54) is 11.0 Å². The van der Waals surface area contributed by atoms with Gasteiger partial charge >= 0.3 is 0 Å². The van der Waals surface area contributed by atoms with Crippen LogP contribution in [0.5, 0.6) is 0 Å². The van der Waals surface area contributed by atoms with E-state index in [0.29, 0.717) is 12.0 Å². The second kappa shape index (κ2) is 7.70. The molecule has 2 aromatic heterocycles. The Labute approximate surface area is 159 Å². The van der Waals surface area contributed by atoms with Gasteiger partial charge in [-0.05, 0) is 52.7 Å². The number of nitrogens with one attached hydrogen (secondary N) is 3. The van der Waals surface area contributed by atoms with Gasteiger partial charge in [0.1, 0.15) is 6.33 Å². The van der Waals surface area contributed by atoms with Gasteiger partial charge in [-0.25, -0.2) is 4.68 Å². The molecular formula is C19H17N7O2. The van der Waals surface area contributed by atoms with Gasteiger partial charge in [0.25, 0.3) is 5.91 Å². The van der Waals surface area contributed by atoms with E-state index in [0.717, 1.165) is 22.2 Å². The van der Waals surface area contributed by atoms with E-state index in [2.05, 4.69) is 31.4 Å². The molecule has 0 aliphatic carbocycles. The zero-order valence-electron chi connectivity index (χ0n) is 14.8. The number of hydrazine groups is 1. The maximum atomic E-state index is 12.2. The first-order chi connectivity index (χ1) is 13.7. The molecule has 0 aliphatic heterocycles. The Morgan fingerprint density at radius 1 is 1.04 bits per heavy atom. The molecule has 0 fully saturated rings. The van der Waals surface area contributed by atoms with Crippen molar-refractivity contribution in [2.24, 2.45) is 0 Å². The van der Waals surface area contributed by atoms with Crippen molar-refractivity contribution in [3.63, 3.8) is 0 Å². The van der Waals surface area contributed by atoms with E-state index < -0.39 is 5.91 Å². The van der Waals surface area contributed by atoms with Crippen LogP contribution in [0.3, 0.4) is 0 Å². The van der Waals surface area contributed by atoms with Crippen LogP contribution in [-0.4, -0.2) is 37.0 Å². The summed E-state index contributed by atoms with van der Waals surface area (Å²) in [4.78, 5) is 27.4. The number of aromatic amines is 1. The summed E-state index contributed by atoms with van der Waals surface area (Å²) in [6.45, 7) is 0. The standard InChI is InChI=1S/C19H17N7O2/c27-18(10-7-14-11-20-17-4-2-1-3-16(14)17)22-23-19(28)13-5-8-15(9-6-13)26-12-21-24-25-26/h1-6,8-9,11-12,20H,7,10H2,(H,22,27)(H,23,28). The fraction of sp³-hybridized carbons (Fsp3) is 0.105. The first-order valence-corrected chi connectivity index (χ1v) is 8.68. The highest BCUT2D eigenvalue weighted by Gasteiger charge is 2.10. The third kappa shape index (κ3) is 3.73. The molecular weight excluding hydrogens is 358 g/mol. The molecule has 3 N–H and O–H groups in total. The first-order valence-electron chi connectivity index (χ1n) is 8.68. The van der Waals surface area contributed by atoms with Crippen LogP contribution in [0.2, 0.25) is 0 Å². The summed E-state index contributed by atoms with van der Waals surface area (Å²) >= 11 is 0. The van der Waals surface area contributed by atoms with Crippen LogP contribution >= 0.6 is 0 Å². The lowest BCUT2D eigenvalue weighted by molar-refractivity contribution is -0.121. The van der Waals surface area contributed by atoms with Crippen LogP contribution in [0.25, 0.3) is 16.6 Å². The third-order valence-electron chi connectivity index (χ3n) is 4.35. The van der Waals surface area contributed by atoms with Gasteiger partial charge < -0.3 is 4.98 Å². The minimum absolute atomic E-state index is 0.260. The minimum atomic E-state index is -0.399. The van der Waals surface area contributed by atoms with Crippen molar-refractivity contribution in [2.45, 2.75) is 12.8 Å². The average molecular weight is 375 g/mol. The van der Waals surface area contributed by atoms with Crippen molar-refractivity contribution in [3.8, 4) is 5.69 Å². The minimum Gasteiger partial charge on any atom is -0.361 e. The number of fused-ring (bicyclic) bond motifs is 1. The average Bonchev–Trinajstić information content (AvgIpc) is 3.41. The summed E-state index contributed by atoms with van der Waals surface area (Å²) < 4.78 is 1.48. The molecule has 4 rings (SSSR count). The lowest BCUT2D eigenvalue weighted by atomic mass is 10.1. The highest BCUT2D eigenvalue weighted by molar-refractivity contribution is 5.95. The number of benzene rings is 2. The summed E-state index contributed by atoms with van der Waals surface area (Å²) in [6, 6.07) is 14.6. The molecule has 0 saturated carbocycles. The SMILES string of the molecule is O=C(CCc1c[nH]c2ccccc12)NNC(=O)c1ccc(-n2cnnn2)cc1. The first kappa shape index (κ1) is 17.4. The molecule has 2 amide bonds. The van der Waals surface area contributed by atoms with Crippen molar-refractivity contribution in [3.05, 3.63) is 72.2 Å². The van der Waals surface area contributed by atoms with E-state index in [1.54, 1.807) is 24.3 Å². The van der Waals surface area contributed by atoms with Gasteiger partial charge in [-0.3, -0.25) is 20.4 Å². The normalized spacial score (nSPS) is 10.7. The number of carbonyl (C=O) groups is 2. The molecule has 2 aromatic carbocycles. The maximum absolute atomic E-state index is 12.2. The molecule has 9 nitrogen and oxygen atoms in total. The number of aryl methyl sites for hydroxylation is 1. The fourth-order valence-electron chi connectivity index (χ4n) is 2.89. The number of hydrogen-bond acceptors (Lipinski definition) is 5. The van der Waals surface area contributed by atoms with Gasteiger partial charge in [-0.15, -0.1) is 5.10 Å². The van der Waals surface area contributed by atoms with Gasteiger partial charge in [0.2, 0.25) is 5.91 Å². The topological polar surface area (TPSA) is 118 Å². The predicted molar refractivity (Wildman–Crippen MR) is 101 cm³/mol. The van der Waals surface area contributed by atoms with Gasteiger partial charge in [0.05, 0.1) is 5.69 Å². The molecule has 140 valence electrons. The quantitative estimate of drug-likeness (QED) is 0.457. The Morgan fingerprint density at radius 3 is 2.64 bits per heavy atom. The number of nitrogens with zero attached hydrogens (tertiary/aromatic N) is 4. The lowest BCUT2D eigenvalue weighted by Crippen LogP contribution is -2.41. The zero-order chi connectivity index (χ0) is 19.3. The van der Waals surface area contributed by atoms with E-state index in [-0.39, 0.29) is 12.3 Å². The van der Waals surface area contributed by atoms with E-state index in [9.17, 15) is 9.59 Å². The van der Waals surface area contributed by atoms with Crippen molar-refractivity contribution in [2.75, 3.05) is 0 Å². The van der Waals surface area contributed by atoms with Gasteiger partial charge in [0.15, 0.2) is 0 Å². The highest BCUT2D eigenvalue weighted by atomic mass is 16.2. The lowest BCUT2D eigenvalue weighted by Gasteiger charge is -2.08. The molecule has 0 saturated heterocycles. The Hall–Kier alpha value is -4.01. The number of hydrogen-bond donors (Lipinski definition) is 3. The third-order valence-corrected chi connectivity index (χ3v) is 4.35. The number of rotatable bonds is 5. The molecule has 0 bridgehead atoms. The monoisotopic (exact) mass is 375 g/mol. The molecule has 0 unspecified atom stereocenters. The second-order valence-electron chi connectivity index (χ2n) is 6.16. The number of para-hydroxylation sites is 1. The van der Waals surface area contributed by atoms with Gasteiger partial charge in [-0.1, -0.05) is 18.2 Å². The number of aromatic nitrogens is 5. The van der Waals surface area contributed by atoms with E-state index in [4.69, 9.17) is 0 Å². The van der Waals surface area contributed by atoms with Crippen LogP contribution < -0.4 is 10.9 Å². The molecule has 0 spiro atoms. The molecule has 2 heterocycles. The highest BCUT2D eigenvalue weighted by Crippen LogP contribution is 2.18. The molecule has 0 atom stereocenters. The summed E-state index contributed by atoms with van der Waals surface area (Å²) in [5.74, 6) is -0.660. The molecule has 0 aliphatic rings. The molecule has 0 radical (unpaired) electrons.